The van der Waals surface area contributed by atoms with E-state index in [-0.39, 0.29) is 24.0 Å². The minimum atomic E-state index is 0. The smallest absolute Gasteiger partial charge is 0.190 e. The molecule has 0 atom stereocenters. The van der Waals surface area contributed by atoms with E-state index in [4.69, 9.17) is 0 Å². The van der Waals surface area contributed by atoms with Gasteiger partial charge in [0.1, 0.15) is 0 Å². The van der Waals surface area contributed by atoms with Crippen molar-refractivity contribution in [3.63, 3.8) is 0 Å². The summed E-state index contributed by atoms with van der Waals surface area (Å²) in [4.78, 5) is 15.1. The minimum absolute atomic E-state index is 0. The SMILES string of the molecule is CCc1cnc(CCNC(=NC)NCCCN2CCCN(C)CC2)s1.I. The van der Waals surface area contributed by atoms with E-state index >= 15 is 0 Å². The second-order valence-electron chi connectivity index (χ2n) is 6.60. The van der Waals surface area contributed by atoms with Crippen LogP contribution >= 0.6 is 35.3 Å². The van der Waals surface area contributed by atoms with Gasteiger partial charge in [-0.3, -0.25) is 4.99 Å². The summed E-state index contributed by atoms with van der Waals surface area (Å²) in [6.07, 6.45) is 6.45. The highest BCUT2D eigenvalue weighted by atomic mass is 127. The molecular formula is C18H35IN6S. The lowest BCUT2D eigenvalue weighted by Gasteiger charge is -2.20. The molecule has 2 heterocycles. The Morgan fingerprint density at radius 3 is 2.77 bits per heavy atom. The van der Waals surface area contributed by atoms with Gasteiger partial charge >= 0.3 is 0 Å². The van der Waals surface area contributed by atoms with Crippen LogP contribution in [0.3, 0.4) is 0 Å². The van der Waals surface area contributed by atoms with Crippen molar-refractivity contribution in [2.75, 3.05) is 59.9 Å². The fourth-order valence-corrected chi connectivity index (χ4v) is 3.83. The van der Waals surface area contributed by atoms with Crippen LogP contribution in [0.4, 0.5) is 0 Å². The van der Waals surface area contributed by atoms with Gasteiger partial charge in [-0.2, -0.15) is 0 Å². The summed E-state index contributed by atoms with van der Waals surface area (Å²) >= 11 is 1.81. The van der Waals surface area contributed by atoms with Crippen LogP contribution in [-0.2, 0) is 12.8 Å². The van der Waals surface area contributed by atoms with Crippen LogP contribution in [0.15, 0.2) is 11.2 Å². The molecular weight excluding hydrogens is 459 g/mol. The van der Waals surface area contributed by atoms with Crippen LogP contribution in [0.1, 0.15) is 29.7 Å². The highest BCUT2D eigenvalue weighted by molar-refractivity contribution is 14.0. The molecule has 0 aliphatic carbocycles. The van der Waals surface area contributed by atoms with Gasteiger partial charge in [0.25, 0.3) is 0 Å². The maximum atomic E-state index is 4.46. The Labute approximate surface area is 179 Å². The first-order valence-electron chi connectivity index (χ1n) is 9.50. The molecule has 0 radical (unpaired) electrons. The summed E-state index contributed by atoms with van der Waals surface area (Å²) in [7, 11) is 4.05. The van der Waals surface area contributed by atoms with Crippen LogP contribution in [0.2, 0.25) is 0 Å². The third-order valence-corrected chi connectivity index (χ3v) is 5.76. The summed E-state index contributed by atoms with van der Waals surface area (Å²) in [5.74, 6) is 0.892. The molecule has 1 aromatic heterocycles. The van der Waals surface area contributed by atoms with E-state index in [9.17, 15) is 0 Å². The first-order chi connectivity index (χ1) is 12.2. The fourth-order valence-electron chi connectivity index (χ4n) is 2.97. The number of aryl methyl sites for hydroxylation is 1. The molecule has 0 unspecified atom stereocenters. The molecule has 6 nitrogen and oxygen atoms in total. The van der Waals surface area contributed by atoms with Crippen molar-refractivity contribution in [2.45, 2.75) is 32.6 Å². The third kappa shape index (κ3) is 8.96. The van der Waals surface area contributed by atoms with Crippen molar-refractivity contribution < 1.29 is 0 Å². The zero-order valence-electron chi connectivity index (χ0n) is 16.5. The van der Waals surface area contributed by atoms with Gasteiger partial charge in [0.2, 0.25) is 0 Å². The molecule has 0 saturated carbocycles. The van der Waals surface area contributed by atoms with Gasteiger partial charge < -0.3 is 20.4 Å². The quantitative estimate of drug-likeness (QED) is 0.251. The Morgan fingerprint density at radius 2 is 2.04 bits per heavy atom. The molecule has 2 rings (SSSR count). The molecule has 1 saturated heterocycles. The molecule has 1 aliphatic heterocycles. The van der Waals surface area contributed by atoms with Crippen LogP contribution in [0.25, 0.3) is 0 Å². The third-order valence-electron chi connectivity index (χ3n) is 4.56. The number of likely N-dealkylation sites (N-methyl/N-ethyl adjacent to an activating group) is 1. The number of aliphatic imine (C=N–C) groups is 1. The molecule has 0 amide bonds. The Hall–Kier alpha value is -0.450. The van der Waals surface area contributed by atoms with Gasteiger partial charge in [0, 0.05) is 50.7 Å². The molecule has 150 valence electrons. The second-order valence-corrected chi connectivity index (χ2v) is 7.80. The van der Waals surface area contributed by atoms with Crippen LogP contribution in [0.5, 0.6) is 0 Å². The van der Waals surface area contributed by atoms with Gasteiger partial charge in [0.05, 0.1) is 5.01 Å². The van der Waals surface area contributed by atoms with E-state index < -0.39 is 0 Å². The molecule has 26 heavy (non-hydrogen) atoms. The molecule has 2 N–H and O–H groups in total. The van der Waals surface area contributed by atoms with Gasteiger partial charge in [-0.1, -0.05) is 6.92 Å². The monoisotopic (exact) mass is 494 g/mol. The van der Waals surface area contributed by atoms with E-state index in [1.165, 1.54) is 42.5 Å². The number of nitrogens with one attached hydrogen (secondary N) is 2. The zero-order valence-corrected chi connectivity index (χ0v) is 19.6. The number of hydrogen-bond acceptors (Lipinski definition) is 5. The summed E-state index contributed by atoms with van der Waals surface area (Å²) in [6, 6.07) is 0. The summed E-state index contributed by atoms with van der Waals surface area (Å²) in [6.45, 7) is 10.00. The summed E-state index contributed by atoms with van der Waals surface area (Å²) < 4.78 is 0. The Morgan fingerprint density at radius 1 is 1.23 bits per heavy atom. The summed E-state index contributed by atoms with van der Waals surface area (Å²) in [5, 5.41) is 8.01. The van der Waals surface area contributed by atoms with Crippen LogP contribution in [-0.4, -0.2) is 80.7 Å². The van der Waals surface area contributed by atoms with Crippen molar-refractivity contribution in [1.82, 2.24) is 25.4 Å². The van der Waals surface area contributed by atoms with Crippen molar-refractivity contribution in [3.8, 4) is 0 Å². The van der Waals surface area contributed by atoms with E-state index in [1.807, 2.05) is 24.6 Å². The standard InChI is InChI=1S/C18H34N6S.HI/c1-4-16-15-22-17(25-16)7-9-21-18(19-2)20-8-5-11-24-12-6-10-23(3)13-14-24;/h15H,4-14H2,1-3H3,(H2,19,20,21);1H. The largest absolute Gasteiger partial charge is 0.356 e. The van der Waals surface area contributed by atoms with Crippen LogP contribution in [0, 0.1) is 0 Å². The average molecular weight is 494 g/mol. The number of halogens is 1. The zero-order chi connectivity index (χ0) is 17.9. The molecule has 1 aromatic rings. The van der Waals surface area contributed by atoms with Gasteiger partial charge in [-0.05, 0) is 45.9 Å². The van der Waals surface area contributed by atoms with Crippen LogP contribution < -0.4 is 10.6 Å². The second kappa shape index (κ2) is 13.7. The van der Waals surface area contributed by atoms with E-state index in [0.717, 1.165) is 44.9 Å². The number of rotatable bonds is 8. The van der Waals surface area contributed by atoms with Gasteiger partial charge in [-0.15, -0.1) is 35.3 Å². The molecule has 1 aliphatic rings. The molecule has 0 aromatic carbocycles. The first kappa shape index (κ1) is 23.6. The number of aromatic nitrogens is 1. The topological polar surface area (TPSA) is 55.8 Å². The molecule has 1 fully saturated rings. The number of hydrogen-bond donors (Lipinski definition) is 2. The van der Waals surface area contributed by atoms with Crippen molar-refractivity contribution in [2.24, 2.45) is 4.99 Å². The maximum Gasteiger partial charge on any atom is 0.190 e. The lowest BCUT2D eigenvalue weighted by atomic mass is 10.3. The highest BCUT2D eigenvalue weighted by Crippen LogP contribution is 2.13. The van der Waals surface area contributed by atoms with E-state index in [1.54, 1.807) is 0 Å². The molecule has 0 spiro atoms. The number of thiazole rings is 1. The number of guanidine groups is 1. The number of nitrogens with zero attached hydrogens (tertiary/aromatic N) is 4. The average Bonchev–Trinajstić information content (AvgIpc) is 2.98. The maximum absolute atomic E-state index is 4.46. The first-order valence-corrected chi connectivity index (χ1v) is 10.3. The highest BCUT2D eigenvalue weighted by Gasteiger charge is 2.11. The Bertz CT molecular complexity index is 522. The van der Waals surface area contributed by atoms with Gasteiger partial charge in [0.15, 0.2) is 5.96 Å². The molecule has 0 bridgehead atoms. The fraction of sp³-hybridized carbons (Fsp3) is 0.778. The van der Waals surface area contributed by atoms with Crippen molar-refractivity contribution in [1.29, 1.82) is 0 Å². The summed E-state index contributed by atoms with van der Waals surface area (Å²) in [5.41, 5.74) is 0. The Balaban J connectivity index is 0.00000338. The lowest BCUT2D eigenvalue weighted by molar-refractivity contribution is 0.274. The normalized spacial score (nSPS) is 16.8. The molecule has 8 heteroatoms. The van der Waals surface area contributed by atoms with Crippen molar-refractivity contribution in [3.05, 3.63) is 16.1 Å². The lowest BCUT2D eigenvalue weighted by Crippen LogP contribution is -2.39. The van der Waals surface area contributed by atoms with Gasteiger partial charge in [-0.25, -0.2) is 4.98 Å². The predicted molar refractivity (Wildman–Crippen MR) is 123 cm³/mol. The van der Waals surface area contributed by atoms with E-state index in [0.29, 0.717) is 0 Å². The predicted octanol–water partition coefficient (Wildman–Crippen LogP) is 2.06. The minimum Gasteiger partial charge on any atom is -0.356 e. The van der Waals surface area contributed by atoms with Crippen molar-refractivity contribution >= 4 is 41.3 Å². The van der Waals surface area contributed by atoms with E-state index in [2.05, 4.69) is 44.4 Å². The Kier molecular flexibility index (Phi) is 12.4.